The van der Waals surface area contributed by atoms with E-state index in [2.05, 4.69) is 19.9 Å². The maximum atomic E-state index is 10.1. The molecule has 0 aromatic heterocycles. The molecule has 3 aliphatic rings. The van der Waals surface area contributed by atoms with Crippen molar-refractivity contribution < 1.29 is 0 Å². The van der Waals surface area contributed by atoms with E-state index in [0.29, 0.717) is 0 Å². The summed E-state index contributed by atoms with van der Waals surface area (Å²) in [7, 11) is 0. The second-order valence-electron chi connectivity index (χ2n) is 11.3. The molecular formula is C28H49N. The van der Waals surface area contributed by atoms with Crippen LogP contribution in [0.25, 0.3) is 0 Å². The van der Waals surface area contributed by atoms with E-state index >= 15 is 0 Å². The first-order valence-electron chi connectivity index (χ1n) is 13.6. The SMILES string of the molecule is CCCCCCCC1(C#N)CCCC([C@H]2CC[C@H]([C@H]3CC[C@H](CC)CC3)CC2)C1. The molecule has 0 bridgehead atoms. The zero-order valence-corrected chi connectivity index (χ0v) is 19.8. The molecule has 1 heteroatoms. The van der Waals surface area contributed by atoms with Crippen LogP contribution < -0.4 is 0 Å². The Morgan fingerprint density at radius 1 is 0.724 bits per heavy atom. The summed E-state index contributed by atoms with van der Waals surface area (Å²) in [6.45, 7) is 4.67. The fourth-order valence-electron chi connectivity index (χ4n) is 7.42. The van der Waals surface area contributed by atoms with Gasteiger partial charge in [0.25, 0.3) is 0 Å². The smallest absolute Gasteiger partial charge is 0.0689 e. The van der Waals surface area contributed by atoms with Crippen LogP contribution >= 0.6 is 0 Å². The van der Waals surface area contributed by atoms with Crippen molar-refractivity contribution in [2.24, 2.45) is 35.0 Å². The van der Waals surface area contributed by atoms with E-state index in [9.17, 15) is 5.26 Å². The highest BCUT2D eigenvalue weighted by Gasteiger charge is 2.40. The highest BCUT2D eigenvalue weighted by molar-refractivity contribution is 5.03. The van der Waals surface area contributed by atoms with Gasteiger partial charge in [-0.2, -0.15) is 5.26 Å². The van der Waals surface area contributed by atoms with Crippen LogP contribution in [0.1, 0.15) is 136 Å². The fourth-order valence-corrected chi connectivity index (χ4v) is 7.42. The standard InChI is InChI=1S/C28H49N/c1-3-5-6-7-8-19-28(22-29)20-9-10-27(21-28)26-17-15-25(16-18-26)24-13-11-23(4-2)12-14-24/h23-27H,3-21H2,1-2H3/t23-,24-,25-,26-,27?,28?. The van der Waals surface area contributed by atoms with Crippen molar-refractivity contribution in [3.8, 4) is 6.07 Å². The van der Waals surface area contributed by atoms with Gasteiger partial charge in [-0.15, -0.1) is 0 Å². The first kappa shape index (κ1) is 23.2. The molecule has 2 atom stereocenters. The molecule has 0 spiro atoms. The van der Waals surface area contributed by atoms with Gasteiger partial charge in [0.15, 0.2) is 0 Å². The van der Waals surface area contributed by atoms with Gasteiger partial charge in [-0.05, 0) is 87.4 Å². The quantitative estimate of drug-likeness (QED) is 0.355. The van der Waals surface area contributed by atoms with E-state index in [1.807, 2.05) is 0 Å². The van der Waals surface area contributed by atoms with Crippen LogP contribution in [0.15, 0.2) is 0 Å². The molecule has 3 fully saturated rings. The first-order valence-corrected chi connectivity index (χ1v) is 13.6. The number of nitriles is 1. The summed E-state index contributed by atoms with van der Waals surface area (Å²) in [5, 5.41) is 10.1. The molecule has 3 aliphatic carbocycles. The summed E-state index contributed by atoms with van der Waals surface area (Å²) in [4.78, 5) is 0. The van der Waals surface area contributed by atoms with E-state index in [1.54, 1.807) is 0 Å². The molecule has 0 aromatic rings. The van der Waals surface area contributed by atoms with Crippen molar-refractivity contribution in [3.63, 3.8) is 0 Å². The van der Waals surface area contributed by atoms with Crippen molar-refractivity contribution >= 4 is 0 Å². The van der Waals surface area contributed by atoms with Crippen LogP contribution in [0.5, 0.6) is 0 Å². The molecule has 0 radical (unpaired) electrons. The van der Waals surface area contributed by atoms with Crippen LogP contribution in [0.2, 0.25) is 0 Å². The number of hydrogen-bond donors (Lipinski definition) is 0. The minimum Gasteiger partial charge on any atom is -0.198 e. The lowest BCUT2D eigenvalue weighted by atomic mass is 9.61. The van der Waals surface area contributed by atoms with Gasteiger partial charge < -0.3 is 0 Å². The van der Waals surface area contributed by atoms with Crippen LogP contribution in [-0.4, -0.2) is 0 Å². The van der Waals surface area contributed by atoms with Crippen molar-refractivity contribution in [2.75, 3.05) is 0 Å². The van der Waals surface area contributed by atoms with Gasteiger partial charge >= 0.3 is 0 Å². The van der Waals surface area contributed by atoms with Gasteiger partial charge in [-0.25, -0.2) is 0 Å². The van der Waals surface area contributed by atoms with Gasteiger partial charge in [-0.1, -0.05) is 78.1 Å². The van der Waals surface area contributed by atoms with Gasteiger partial charge in [-0.3, -0.25) is 0 Å². The number of hydrogen-bond acceptors (Lipinski definition) is 1. The van der Waals surface area contributed by atoms with Crippen molar-refractivity contribution in [1.82, 2.24) is 0 Å². The topological polar surface area (TPSA) is 23.8 Å². The van der Waals surface area contributed by atoms with Crippen molar-refractivity contribution in [3.05, 3.63) is 0 Å². The maximum absolute atomic E-state index is 10.1. The van der Waals surface area contributed by atoms with E-state index in [0.717, 1.165) is 29.6 Å². The predicted octanol–water partition coefficient (Wildman–Crippen LogP) is 9.07. The Bertz CT molecular complexity index is 489. The van der Waals surface area contributed by atoms with E-state index in [-0.39, 0.29) is 5.41 Å². The molecule has 2 unspecified atom stereocenters. The second kappa shape index (κ2) is 11.8. The largest absolute Gasteiger partial charge is 0.198 e. The Labute approximate surface area is 182 Å². The summed E-state index contributed by atoms with van der Waals surface area (Å²) in [6, 6.07) is 2.85. The highest BCUT2D eigenvalue weighted by Crippen LogP contribution is 2.50. The Hall–Kier alpha value is -0.510. The summed E-state index contributed by atoms with van der Waals surface area (Å²) in [5.74, 6) is 4.91. The fraction of sp³-hybridized carbons (Fsp3) is 0.964. The molecule has 0 heterocycles. The normalized spacial score (nSPS) is 38.4. The van der Waals surface area contributed by atoms with Crippen molar-refractivity contribution in [1.29, 1.82) is 5.26 Å². The van der Waals surface area contributed by atoms with Gasteiger partial charge in [0, 0.05) is 0 Å². The minimum absolute atomic E-state index is 0.0323. The highest BCUT2D eigenvalue weighted by atomic mass is 14.5. The Morgan fingerprint density at radius 2 is 1.31 bits per heavy atom. The molecule has 3 rings (SSSR count). The maximum Gasteiger partial charge on any atom is 0.0689 e. The summed E-state index contributed by atoms with van der Waals surface area (Å²) >= 11 is 0. The average Bonchev–Trinajstić information content (AvgIpc) is 2.79. The Balaban J connectivity index is 1.43. The van der Waals surface area contributed by atoms with E-state index in [4.69, 9.17) is 0 Å². The van der Waals surface area contributed by atoms with Gasteiger partial charge in [0.05, 0.1) is 11.5 Å². The van der Waals surface area contributed by atoms with Crippen molar-refractivity contribution in [2.45, 2.75) is 136 Å². The number of nitrogens with zero attached hydrogens (tertiary/aromatic N) is 1. The lowest BCUT2D eigenvalue weighted by Crippen LogP contribution is -2.34. The zero-order chi connectivity index (χ0) is 20.5. The number of rotatable bonds is 9. The zero-order valence-electron chi connectivity index (χ0n) is 19.8. The lowest BCUT2D eigenvalue weighted by molar-refractivity contribution is 0.0817. The average molecular weight is 400 g/mol. The predicted molar refractivity (Wildman–Crippen MR) is 125 cm³/mol. The molecule has 0 aliphatic heterocycles. The summed E-state index contributed by atoms with van der Waals surface area (Å²) < 4.78 is 0. The van der Waals surface area contributed by atoms with Crippen LogP contribution in [0.4, 0.5) is 0 Å². The van der Waals surface area contributed by atoms with Gasteiger partial charge in [0.1, 0.15) is 0 Å². The van der Waals surface area contributed by atoms with Crippen LogP contribution in [0.3, 0.4) is 0 Å². The molecule has 0 saturated heterocycles. The molecule has 1 nitrogen and oxygen atoms in total. The molecule has 166 valence electrons. The van der Waals surface area contributed by atoms with E-state index in [1.165, 1.54) is 122 Å². The molecule has 0 amide bonds. The third-order valence-corrected chi connectivity index (χ3v) is 9.50. The Morgan fingerprint density at radius 3 is 1.90 bits per heavy atom. The van der Waals surface area contributed by atoms with Crippen LogP contribution in [0, 0.1) is 46.3 Å². The first-order chi connectivity index (χ1) is 14.2. The number of unbranched alkanes of at least 4 members (excludes halogenated alkanes) is 4. The Kier molecular flexibility index (Phi) is 9.40. The molecular weight excluding hydrogens is 350 g/mol. The molecule has 3 saturated carbocycles. The minimum atomic E-state index is 0.0323. The lowest BCUT2D eigenvalue weighted by Gasteiger charge is -2.43. The van der Waals surface area contributed by atoms with Gasteiger partial charge in [0.2, 0.25) is 0 Å². The molecule has 29 heavy (non-hydrogen) atoms. The monoisotopic (exact) mass is 399 g/mol. The molecule has 0 N–H and O–H groups in total. The molecule has 0 aromatic carbocycles. The third-order valence-electron chi connectivity index (χ3n) is 9.50. The third kappa shape index (κ3) is 6.48. The summed E-state index contributed by atoms with van der Waals surface area (Å²) in [6.07, 6.45) is 26.4. The summed E-state index contributed by atoms with van der Waals surface area (Å²) in [5.41, 5.74) is 0.0323. The van der Waals surface area contributed by atoms with Crippen LogP contribution in [-0.2, 0) is 0 Å². The van der Waals surface area contributed by atoms with E-state index < -0.39 is 0 Å². The second-order valence-corrected chi connectivity index (χ2v) is 11.3.